The Morgan fingerprint density at radius 3 is 2.61 bits per heavy atom. The average molecular weight is 590 g/mol. The van der Waals surface area contributed by atoms with E-state index in [9.17, 15) is 9.90 Å². The minimum Gasteiger partial charge on any atom is -0.394 e. The van der Waals surface area contributed by atoms with Crippen LogP contribution in [0.25, 0.3) is 33.9 Å². The van der Waals surface area contributed by atoms with Crippen LogP contribution in [0.2, 0.25) is 0 Å². The molecule has 5 heterocycles. The number of aliphatic hydroxyl groups excluding tert-OH is 1. The number of nitrogens with zero attached hydrogens (tertiary/aromatic N) is 7. The first-order chi connectivity index (χ1) is 21.5. The SMILES string of the molecule is C=CCn1c(=O)c2ccc(Nc3cc(N[C@H](CO)c4ccccc4)c(-c4nc(-c5cccnc5)no4)cn3)nc2n1C(C)C. The standard InChI is InChI=1S/C32H31N9O3/c1-4-15-40-32(43)23-12-13-27(37-30(23)41(40)20(2)3)36-28-16-25(35-26(19-42)21-9-6-5-7-10-21)24(18-34-28)31-38-29(39-44-31)22-11-8-14-33-17-22/h4-14,16-18,20,26,42H,1,15,19H2,2-3H3,(H2,34,35,36,37)/t26-/m1/s1. The fourth-order valence-electron chi connectivity index (χ4n) is 5.02. The summed E-state index contributed by atoms with van der Waals surface area (Å²) < 4.78 is 9.14. The molecule has 1 atom stereocenters. The number of allylic oxidation sites excluding steroid dienone is 1. The number of nitrogens with one attached hydrogen (secondary N) is 2. The van der Waals surface area contributed by atoms with Gasteiger partial charge in [-0.2, -0.15) is 4.98 Å². The van der Waals surface area contributed by atoms with E-state index < -0.39 is 6.04 Å². The van der Waals surface area contributed by atoms with Crippen molar-refractivity contribution >= 4 is 28.4 Å². The summed E-state index contributed by atoms with van der Waals surface area (Å²) in [6.07, 6.45) is 6.64. The van der Waals surface area contributed by atoms with Gasteiger partial charge in [-0.15, -0.1) is 6.58 Å². The lowest BCUT2D eigenvalue weighted by atomic mass is 10.1. The van der Waals surface area contributed by atoms with Gasteiger partial charge in [-0.05, 0) is 43.7 Å². The van der Waals surface area contributed by atoms with Crippen LogP contribution in [0.3, 0.4) is 0 Å². The second kappa shape index (κ2) is 12.3. The number of aliphatic hydroxyl groups is 1. The maximum Gasteiger partial charge on any atom is 0.276 e. The van der Waals surface area contributed by atoms with E-state index in [1.165, 1.54) is 0 Å². The molecule has 0 saturated heterocycles. The van der Waals surface area contributed by atoms with Gasteiger partial charge in [0.25, 0.3) is 11.4 Å². The number of rotatable bonds is 11. The van der Waals surface area contributed by atoms with Crippen molar-refractivity contribution < 1.29 is 9.63 Å². The molecule has 0 aliphatic carbocycles. The van der Waals surface area contributed by atoms with E-state index in [4.69, 9.17) is 9.51 Å². The van der Waals surface area contributed by atoms with E-state index >= 15 is 0 Å². The third kappa shape index (κ3) is 5.57. The monoisotopic (exact) mass is 589 g/mol. The lowest BCUT2D eigenvalue weighted by Crippen LogP contribution is -2.23. The maximum absolute atomic E-state index is 13.0. The minimum absolute atomic E-state index is 0.00419. The predicted octanol–water partition coefficient (Wildman–Crippen LogP) is 5.36. The molecule has 3 N–H and O–H groups in total. The first-order valence-electron chi connectivity index (χ1n) is 14.1. The van der Waals surface area contributed by atoms with Gasteiger partial charge in [-0.1, -0.05) is 41.6 Å². The summed E-state index contributed by atoms with van der Waals surface area (Å²) in [4.78, 5) is 31.1. The van der Waals surface area contributed by atoms with Gasteiger partial charge in [-0.25, -0.2) is 14.6 Å². The largest absolute Gasteiger partial charge is 0.394 e. The molecule has 0 amide bonds. The summed E-state index contributed by atoms with van der Waals surface area (Å²) in [6.45, 7) is 8.00. The number of benzene rings is 1. The number of pyridine rings is 3. The van der Waals surface area contributed by atoms with Crippen LogP contribution < -0.4 is 16.2 Å². The topological polar surface area (TPSA) is 149 Å². The Kier molecular flexibility index (Phi) is 7.98. The molecule has 6 rings (SSSR count). The van der Waals surface area contributed by atoms with Crippen LogP contribution in [0.15, 0.2) is 101 Å². The summed E-state index contributed by atoms with van der Waals surface area (Å²) in [5.74, 6) is 1.62. The number of aromatic nitrogens is 7. The molecule has 0 unspecified atom stereocenters. The highest BCUT2D eigenvalue weighted by molar-refractivity contribution is 5.79. The van der Waals surface area contributed by atoms with Gasteiger partial charge in [-0.3, -0.25) is 14.5 Å². The highest BCUT2D eigenvalue weighted by atomic mass is 16.5. The van der Waals surface area contributed by atoms with Crippen LogP contribution in [0, 0.1) is 0 Å². The Bertz CT molecular complexity index is 1960. The molecule has 0 aliphatic rings. The van der Waals surface area contributed by atoms with Gasteiger partial charge in [0.15, 0.2) is 5.65 Å². The van der Waals surface area contributed by atoms with E-state index in [0.717, 1.165) is 5.56 Å². The molecule has 0 bridgehead atoms. The van der Waals surface area contributed by atoms with E-state index in [1.54, 1.807) is 53.6 Å². The Morgan fingerprint density at radius 1 is 1.05 bits per heavy atom. The molecule has 0 fully saturated rings. The highest BCUT2D eigenvalue weighted by Gasteiger charge is 2.20. The van der Waals surface area contributed by atoms with Gasteiger partial charge in [0.1, 0.15) is 11.6 Å². The van der Waals surface area contributed by atoms with Crippen molar-refractivity contribution in [2.24, 2.45) is 0 Å². The maximum atomic E-state index is 13.0. The van der Waals surface area contributed by atoms with E-state index in [1.807, 2.05) is 54.9 Å². The molecule has 0 aliphatic heterocycles. The zero-order valence-electron chi connectivity index (χ0n) is 24.3. The molecule has 0 radical (unpaired) electrons. The first-order valence-corrected chi connectivity index (χ1v) is 14.1. The summed E-state index contributed by atoms with van der Waals surface area (Å²) in [5, 5.41) is 21.6. The average Bonchev–Trinajstić information content (AvgIpc) is 3.64. The summed E-state index contributed by atoms with van der Waals surface area (Å²) >= 11 is 0. The Morgan fingerprint density at radius 2 is 1.89 bits per heavy atom. The number of hydrogen-bond acceptors (Lipinski definition) is 10. The fourth-order valence-corrected chi connectivity index (χ4v) is 5.02. The molecule has 6 aromatic rings. The third-order valence-corrected chi connectivity index (χ3v) is 7.06. The van der Waals surface area contributed by atoms with Crippen molar-refractivity contribution in [1.29, 1.82) is 0 Å². The van der Waals surface area contributed by atoms with Gasteiger partial charge >= 0.3 is 0 Å². The van der Waals surface area contributed by atoms with Crippen LogP contribution in [-0.4, -0.2) is 46.2 Å². The van der Waals surface area contributed by atoms with Crippen molar-refractivity contribution in [2.75, 3.05) is 17.2 Å². The van der Waals surface area contributed by atoms with Gasteiger partial charge in [0.2, 0.25) is 5.82 Å². The Labute approximate surface area is 252 Å². The molecule has 0 spiro atoms. The molecular weight excluding hydrogens is 558 g/mol. The summed E-state index contributed by atoms with van der Waals surface area (Å²) in [5.41, 5.74) is 3.20. The van der Waals surface area contributed by atoms with Crippen LogP contribution in [0.4, 0.5) is 17.3 Å². The van der Waals surface area contributed by atoms with Crippen molar-refractivity contribution in [3.63, 3.8) is 0 Å². The Balaban J connectivity index is 1.39. The molecule has 12 nitrogen and oxygen atoms in total. The van der Waals surface area contributed by atoms with Crippen molar-refractivity contribution in [2.45, 2.75) is 32.5 Å². The van der Waals surface area contributed by atoms with E-state index in [0.29, 0.717) is 51.9 Å². The van der Waals surface area contributed by atoms with Crippen molar-refractivity contribution in [1.82, 2.24) is 34.5 Å². The third-order valence-electron chi connectivity index (χ3n) is 7.06. The molecule has 0 saturated carbocycles. The minimum atomic E-state index is -0.425. The van der Waals surface area contributed by atoms with Crippen LogP contribution in [-0.2, 0) is 6.54 Å². The number of hydrogen-bond donors (Lipinski definition) is 3. The normalized spacial score (nSPS) is 12.0. The van der Waals surface area contributed by atoms with Gasteiger partial charge in [0.05, 0.1) is 35.8 Å². The second-order valence-electron chi connectivity index (χ2n) is 10.4. The van der Waals surface area contributed by atoms with Crippen LogP contribution >= 0.6 is 0 Å². The highest BCUT2D eigenvalue weighted by Crippen LogP contribution is 2.33. The van der Waals surface area contributed by atoms with Gasteiger partial charge < -0.3 is 20.3 Å². The summed E-state index contributed by atoms with van der Waals surface area (Å²) in [7, 11) is 0. The zero-order valence-corrected chi connectivity index (χ0v) is 24.3. The molecular formula is C32H31N9O3. The molecule has 5 aromatic heterocycles. The van der Waals surface area contributed by atoms with Crippen molar-refractivity contribution in [3.8, 4) is 22.8 Å². The number of fused-ring (bicyclic) bond motifs is 1. The quantitative estimate of drug-likeness (QED) is 0.169. The Hall–Kier alpha value is -5.62. The van der Waals surface area contributed by atoms with Crippen LogP contribution in [0.1, 0.15) is 31.5 Å². The second-order valence-corrected chi connectivity index (χ2v) is 10.4. The lowest BCUT2D eigenvalue weighted by Gasteiger charge is -2.20. The zero-order chi connectivity index (χ0) is 30.6. The van der Waals surface area contributed by atoms with Crippen LogP contribution in [0.5, 0.6) is 0 Å². The number of anilines is 3. The summed E-state index contributed by atoms with van der Waals surface area (Å²) in [6, 6.07) is 18.1. The fraction of sp³-hybridized carbons (Fsp3) is 0.188. The smallest absolute Gasteiger partial charge is 0.276 e. The van der Waals surface area contributed by atoms with E-state index in [-0.39, 0.29) is 24.1 Å². The molecule has 44 heavy (non-hydrogen) atoms. The molecule has 222 valence electrons. The van der Waals surface area contributed by atoms with Gasteiger partial charge in [0, 0.05) is 36.3 Å². The van der Waals surface area contributed by atoms with E-state index in [2.05, 4.69) is 37.3 Å². The first kappa shape index (κ1) is 28.5. The molecule has 1 aromatic carbocycles. The van der Waals surface area contributed by atoms with Crippen molar-refractivity contribution in [3.05, 3.63) is 108 Å². The molecule has 12 heteroatoms. The lowest BCUT2D eigenvalue weighted by molar-refractivity contribution is 0.276. The predicted molar refractivity (Wildman–Crippen MR) is 169 cm³/mol.